The minimum Gasteiger partial charge on any atom is -0.422 e. The lowest BCUT2D eigenvalue weighted by molar-refractivity contribution is -0.352. The first-order valence-corrected chi connectivity index (χ1v) is 10.8. The number of halogens is 4. The average Bonchev–Trinajstić information content (AvgIpc) is 3.25. The fourth-order valence-electron chi connectivity index (χ4n) is 4.14. The maximum atomic E-state index is 13.3. The molecule has 2 fully saturated rings. The highest BCUT2D eigenvalue weighted by molar-refractivity contribution is 5.95. The van der Waals surface area contributed by atoms with Gasteiger partial charge in [-0.25, -0.2) is 9.37 Å². The van der Waals surface area contributed by atoms with Crippen molar-refractivity contribution in [2.75, 3.05) is 6.61 Å². The van der Waals surface area contributed by atoms with Gasteiger partial charge >= 0.3 is 6.36 Å². The van der Waals surface area contributed by atoms with Crippen molar-refractivity contribution in [2.24, 2.45) is 0 Å². The van der Waals surface area contributed by atoms with Crippen molar-refractivity contribution >= 4 is 16.8 Å². The highest BCUT2D eigenvalue weighted by Crippen LogP contribution is 2.41. The van der Waals surface area contributed by atoms with E-state index in [4.69, 9.17) is 9.15 Å². The minimum absolute atomic E-state index is 0. The van der Waals surface area contributed by atoms with E-state index in [-0.39, 0.29) is 62.0 Å². The van der Waals surface area contributed by atoms with Crippen LogP contribution in [0.1, 0.15) is 61.4 Å². The van der Waals surface area contributed by atoms with E-state index in [1.807, 2.05) is 0 Å². The fraction of sp³-hybridized carbons (Fsp3) is 0.455. The third-order valence-corrected chi connectivity index (χ3v) is 5.97. The number of hydrogen-bond acceptors (Lipinski definition) is 7. The van der Waals surface area contributed by atoms with Gasteiger partial charge in [0.05, 0.1) is 24.3 Å². The predicted molar refractivity (Wildman–Crippen MR) is 110 cm³/mol. The molecule has 1 saturated heterocycles. The van der Waals surface area contributed by atoms with E-state index in [1.165, 1.54) is 24.3 Å². The Hall–Kier alpha value is -3.12. The van der Waals surface area contributed by atoms with E-state index in [2.05, 4.69) is 25.2 Å². The quantitative estimate of drug-likeness (QED) is 0.537. The van der Waals surface area contributed by atoms with Crippen LogP contribution < -0.4 is 5.32 Å². The molecule has 1 amide bonds. The zero-order chi connectivity index (χ0) is 23.9. The van der Waals surface area contributed by atoms with Gasteiger partial charge in [0.15, 0.2) is 0 Å². The number of pyridine rings is 1. The van der Waals surface area contributed by atoms with Crippen LogP contribution in [-0.2, 0) is 9.47 Å². The van der Waals surface area contributed by atoms with Gasteiger partial charge in [-0.2, -0.15) is 0 Å². The molecular weight excluding hydrogens is 460 g/mol. The van der Waals surface area contributed by atoms with Crippen LogP contribution in [0, 0.1) is 5.82 Å². The van der Waals surface area contributed by atoms with E-state index >= 15 is 0 Å². The monoisotopic (exact) mass is 482 g/mol. The first-order chi connectivity index (χ1) is 16.2. The van der Waals surface area contributed by atoms with Crippen LogP contribution in [0.4, 0.5) is 17.6 Å². The third kappa shape index (κ3) is 5.02. The topological polar surface area (TPSA) is 99.4 Å². The summed E-state index contributed by atoms with van der Waals surface area (Å²) in [6.45, 7) is 0.220. The Balaban J connectivity index is 0.00000289. The molecule has 1 saturated carbocycles. The Morgan fingerprint density at radius 1 is 1.12 bits per heavy atom. The van der Waals surface area contributed by atoms with E-state index < -0.39 is 18.6 Å². The number of nitrogens with zero attached hydrogens (tertiary/aromatic N) is 3. The molecule has 1 N–H and O–H groups in total. The number of nitrogens with one attached hydrogen (secondary N) is 1. The van der Waals surface area contributed by atoms with Crippen molar-refractivity contribution in [1.29, 1.82) is 0 Å². The van der Waals surface area contributed by atoms with E-state index in [0.29, 0.717) is 23.7 Å². The van der Waals surface area contributed by atoms with Gasteiger partial charge < -0.3 is 14.5 Å². The van der Waals surface area contributed by atoms with E-state index in [1.54, 1.807) is 6.07 Å². The summed E-state index contributed by atoms with van der Waals surface area (Å²) in [5.74, 6) is -0.461. The summed E-state index contributed by atoms with van der Waals surface area (Å²) in [6, 6.07) is 7.08. The van der Waals surface area contributed by atoms with Crippen LogP contribution in [0.5, 0.6) is 0 Å². The van der Waals surface area contributed by atoms with Gasteiger partial charge in [0, 0.05) is 12.7 Å². The maximum absolute atomic E-state index is 13.3. The standard InChI is InChI=1S/C22H20F4N4O4.H2/c23-13-2-5-16-11(7-13)1-4-17(28-16)19(31)27-14-3-6-18(32-10-14)21-30-29-20(33-21)12-8-15(9-12)34-22(24,25)26;/h1-2,4-5,7,12,14-15,18H,3,6,8-10H2,(H,27,31);1H/t12?,14-,15?,18+;/m0./s1. The van der Waals surface area contributed by atoms with Crippen LogP contribution in [0.3, 0.4) is 0 Å². The number of benzene rings is 1. The summed E-state index contributed by atoms with van der Waals surface area (Å²) < 4.78 is 65.5. The molecule has 2 aliphatic rings. The van der Waals surface area contributed by atoms with Crippen molar-refractivity contribution in [1.82, 2.24) is 20.5 Å². The Bertz CT molecular complexity index is 1190. The molecule has 0 unspecified atom stereocenters. The molecule has 5 rings (SSSR count). The third-order valence-electron chi connectivity index (χ3n) is 5.97. The number of alkyl halides is 3. The summed E-state index contributed by atoms with van der Waals surface area (Å²) in [7, 11) is 0. The molecule has 1 aromatic carbocycles. The molecule has 182 valence electrons. The minimum atomic E-state index is -4.65. The summed E-state index contributed by atoms with van der Waals surface area (Å²) in [5.41, 5.74) is 0.736. The number of amides is 1. The molecule has 1 aliphatic heterocycles. The number of rotatable bonds is 5. The molecule has 0 radical (unpaired) electrons. The average molecular weight is 482 g/mol. The largest absolute Gasteiger partial charge is 0.522 e. The van der Waals surface area contributed by atoms with Crippen LogP contribution in [0.15, 0.2) is 34.7 Å². The Kier molecular flexibility index (Phi) is 5.94. The molecule has 12 heteroatoms. The number of fused-ring (bicyclic) bond motifs is 1. The molecule has 2 atom stereocenters. The fourth-order valence-corrected chi connectivity index (χ4v) is 4.14. The first-order valence-electron chi connectivity index (χ1n) is 10.8. The number of aromatic nitrogens is 3. The van der Waals surface area contributed by atoms with Gasteiger partial charge in [-0.3, -0.25) is 9.53 Å². The van der Waals surface area contributed by atoms with Crippen molar-refractivity contribution in [3.8, 4) is 0 Å². The summed E-state index contributed by atoms with van der Waals surface area (Å²) >= 11 is 0. The van der Waals surface area contributed by atoms with Gasteiger partial charge in [-0.1, -0.05) is 6.07 Å². The van der Waals surface area contributed by atoms with Crippen LogP contribution in [0.2, 0.25) is 0 Å². The lowest BCUT2D eigenvalue weighted by Crippen LogP contribution is -2.41. The lowest BCUT2D eigenvalue weighted by Gasteiger charge is -2.33. The molecule has 34 heavy (non-hydrogen) atoms. The molecule has 1 aliphatic carbocycles. The molecule has 0 spiro atoms. The zero-order valence-corrected chi connectivity index (χ0v) is 17.7. The number of ether oxygens (including phenoxy) is 2. The molecule has 2 aromatic heterocycles. The highest BCUT2D eigenvalue weighted by Gasteiger charge is 2.42. The van der Waals surface area contributed by atoms with E-state index in [9.17, 15) is 22.4 Å². The lowest BCUT2D eigenvalue weighted by atomic mass is 9.82. The van der Waals surface area contributed by atoms with Crippen molar-refractivity contribution in [2.45, 2.75) is 56.2 Å². The molecule has 3 heterocycles. The summed E-state index contributed by atoms with van der Waals surface area (Å²) in [4.78, 5) is 16.9. The van der Waals surface area contributed by atoms with Gasteiger partial charge in [-0.05, 0) is 49.9 Å². The normalized spacial score (nSPS) is 25.2. The number of hydrogen-bond donors (Lipinski definition) is 1. The Labute approximate surface area is 192 Å². The zero-order valence-electron chi connectivity index (χ0n) is 17.7. The van der Waals surface area contributed by atoms with Crippen molar-refractivity contribution < 1.29 is 37.7 Å². The number of carbonyl (C=O) groups is 1. The second-order valence-corrected chi connectivity index (χ2v) is 8.44. The van der Waals surface area contributed by atoms with Gasteiger partial charge in [0.25, 0.3) is 5.91 Å². The Morgan fingerprint density at radius 2 is 1.91 bits per heavy atom. The van der Waals surface area contributed by atoms with Crippen LogP contribution >= 0.6 is 0 Å². The van der Waals surface area contributed by atoms with Gasteiger partial charge in [-0.15, -0.1) is 23.4 Å². The summed E-state index contributed by atoms with van der Waals surface area (Å²) in [6.07, 6.45) is -4.56. The molecule has 8 nitrogen and oxygen atoms in total. The highest BCUT2D eigenvalue weighted by atomic mass is 19.4. The van der Waals surface area contributed by atoms with E-state index in [0.717, 1.165) is 0 Å². The molecule has 0 bridgehead atoms. The number of carbonyl (C=O) groups excluding carboxylic acids is 1. The van der Waals surface area contributed by atoms with Crippen LogP contribution in [0.25, 0.3) is 10.9 Å². The van der Waals surface area contributed by atoms with Crippen molar-refractivity contribution in [3.63, 3.8) is 0 Å². The van der Waals surface area contributed by atoms with Gasteiger partial charge in [0.1, 0.15) is 17.6 Å². The smallest absolute Gasteiger partial charge is 0.422 e. The Morgan fingerprint density at radius 3 is 2.65 bits per heavy atom. The second kappa shape index (κ2) is 8.91. The SMILES string of the molecule is O=C(N[C@H]1CC[C@H](c2nnc(C3CC(OC(F)(F)F)C3)o2)OC1)c1ccc2cc(F)ccc2n1.[HH]. The first kappa shape index (κ1) is 22.7. The maximum Gasteiger partial charge on any atom is 0.522 e. The van der Waals surface area contributed by atoms with Crippen molar-refractivity contribution in [3.05, 3.63) is 53.6 Å². The molecule has 3 aromatic rings. The summed E-state index contributed by atoms with van der Waals surface area (Å²) in [5, 5.41) is 11.4. The molecular formula is C22H22F4N4O4. The van der Waals surface area contributed by atoms with Gasteiger partial charge in [0.2, 0.25) is 11.8 Å². The second-order valence-electron chi connectivity index (χ2n) is 8.44. The predicted octanol–water partition coefficient (Wildman–Crippen LogP) is 4.44. The van der Waals surface area contributed by atoms with Crippen LogP contribution in [-0.4, -0.2) is 46.2 Å².